The van der Waals surface area contributed by atoms with Gasteiger partial charge in [0.15, 0.2) is 11.5 Å². The van der Waals surface area contributed by atoms with Gasteiger partial charge < -0.3 is 0 Å². The summed E-state index contributed by atoms with van der Waals surface area (Å²) >= 11 is 0. The van der Waals surface area contributed by atoms with Gasteiger partial charge in [-0.2, -0.15) is 9.61 Å². The highest BCUT2D eigenvalue weighted by Gasteiger charge is 2.08. The molecule has 84 valence electrons. The fraction of sp³-hybridized carbons (Fsp3) is 0.0833. The Bertz CT molecular complexity index is 673. The van der Waals surface area contributed by atoms with Crippen LogP contribution in [0.15, 0.2) is 36.4 Å². The van der Waals surface area contributed by atoms with Gasteiger partial charge in [0.25, 0.3) is 0 Å². The van der Waals surface area contributed by atoms with Crippen LogP contribution in [0.2, 0.25) is 0 Å². The van der Waals surface area contributed by atoms with Gasteiger partial charge in [0.2, 0.25) is 0 Å². The fourth-order valence-electron chi connectivity index (χ4n) is 1.66. The van der Waals surface area contributed by atoms with E-state index in [0.717, 1.165) is 11.3 Å². The lowest BCUT2D eigenvalue weighted by Gasteiger charge is -1.99. The van der Waals surface area contributed by atoms with E-state index in [-0.39, 0.29) is 5.82 Å². The summed E-state index contributed by atoms with van der Waals surface area (Å²) in [4.78, 5) is 0. The van der Waals surface area contributed by atoms with Crippen LogP contribution in [0.3, 0.4) is 0 Å². The number of aromatic nitrogens is 4. The fourth-order valence-corrected chi connectivity index (χ4v) is 1.66. The van der Waals surface area contributed by atoms with E-state index in [1.165, 1.54) is 12.1 Å². The standard InChI is InChI=1S/C12H9FN4/c1-8-2-7-11-14-15-12(17(11)16-8)9-3-5-10(13)6-4-9/h2-7H,1H3. The second-order valence-electron chi connectivity index (χ2n) is 3.78. The van der Waals surface area contributed by atoms with Crippen LogP contribution in [0.25, 0.3) is 17.0 Å². The Labute approximate surface area is 96.7 Å². The first-order valence-electron chi connectivity index (χ1n) is 5.19. The first-order valence-corrected chi connectivity index (χ1v) is 5.19. The summed E-state index contributed by atoms with van der Waals surface area (Å²) in [6.07, 6.45) is 0. The monoisotopic (exact) mass is 228 g/mol. The van der Waals surface area contributed by atoms with Gasteiger partial charge in [-0.05, 0) is 43.3 Å². The van der Waals surface area contributed by atoms with E-state index in [4.69, 9.17) is 0 Å². The predicted octanol–water partition coefficient (Wildman–Crippen LogP) is 2.24. The Morgan fingerprint density at radius 1 is 1.00 bits per heavy atom. The molecule has 0 unspecified atom stereocenters. The van der Waals surface area contributed by atoms with Gasteiger partial charge in [-0.1, -0.05) is 0 Å². The third-order valence-corrected chi connectivity index (χ3v) is 2.50. The number of rotatable bonds is 1. The van der Waals surface area contributed by atoms with Gasteiger partial charge in [-0.25, -0.2) is 4.39 Å². The topological polar surface area (TPSA) is 43.1 Å². The molecule has 0 spiro atoms. The Kier molecular flexibility index (Phi) is 2.11. The van der Waals surface area contributed by atoms with E-state index in [1.54, 1.807) is 16.6 Å². The molecule has 17 heavy (non-hydrogen) atoms. The van der Waals surface area contributed by atoms with Crippen molar-refractivity contribution in [3.8, 4) is 11.4 Å². The lowest BCUT2D eigenvalue weighted by atomic mass is 10.2. The van der Waals surface area contributed by atoms with Crippen molar-refractivity contribution in [1.29, 1.82) is 0 Å². The summed E-state index contributed by atoms with van der Waals surface area (Å²) in [6.45, 7) is 1.90. The minimum Gasteiger partial charge on any atom is -0.207 e. The maximum Gasteiger partial charge on any atom is 0.185 e. The van der Waals surface area contributed by atoms with E-state index in [9.17, 15) is 4.39 Å². The normalized spacial score (nSPS) is 10.9. The van der Waals surface area contributed by atoms with Gasteiger partial charge in [0.05, 0.1) is 5.69 Å². The molecule has 0 bridgehead atoms. The molecule has 2 heterocycles. The molecule has 4 nitrogen and oxygen atoms in total. The second kappa shape index (κ2) is 3.62. The zero-order chi connectivity index (χ0) is 11.8. The van der Waals surface area contributed by atoms with Gasteiger partial charge in [-0.15, -0.1) is 10.2 Å². The molecule has 3 aromatic rings. The number of hydrogen-bond donors (Lipinski definition) is 0. The highest BCUT2D eigenvalue weighted by atomic mass is 19.1. The lowest BCUT2D eigenvalue weighted by molar-refractivity contribution is 0.628. The minimum absolute atomic E-state index is 0.272. The predicted molar refractivity (Wildman–Crippen MR) is 60.9 cm³/mol. The summed E-state index contributed by atoms with van der Waals surface area (Å²) < 4.78 is 14.5. The molecule has 0 fully saturated rings. The lowest BCUT2D eigenvalue weighted by Crippen LogP contribution is -1.96. The van der Waals surface area contributed by atoms with Crippen LogP contribution < -0.4 is 0 Å². The van der Waals surface area contributed by atoms with Gasteiger partial charge in [0.1, 0.15) is 5.82 Å². The van der Waals surface area contributed by atoms with Crippen molar-refractivity contribution in [2.45, 2.75) is 6.92 Å². The Balaban J connectivity index is 2.23. The smallest absolute Gasteiger partial charge is 0.185 e. The first-order chi connectivity index (χ1) is 8.24. The number of fused-ring (bicyclic) bond motifs is 1. The maximum atomic E-state index is 12.8. The SMILES string of the molecule is Cc1ccc2nnc(-c3ccc(F)cc3)n2n1. The van der Waals surface area contributed by atoms with Crippen LogP contribution in [0.1, 0.15) is 5.69 Å². The molecule has 5 heteroatoms. The number of nitrogens with zero attached hydrogens (tertiary/aromatic N) is 4. The molecule has 0 N–H and O–H groups in total. The summed E-state index contributed by atoms with van der Waals surface area (Å²) in [5, 5.41) is 12.4. The average molecular weight is 228 g/mol. The van der Waals surface area contributed by atoms with Crippen LogP contribution in [-0.4, -0.2) is 19.8 Å². The molecule has 0 aliphatic rings. The van der Waals surface area contributed by atoms with Crippen molar-refractivity contribution in [2.75, 3.05) is 0 Å². The zero-order valence-corrected chi connectivity index (χ0v) is 9.13. The summed E-state index contributed by atoms with van der Waals surface area (Å²) in [6, 6.07) is 9.84. The number of aryl methyl sites for hydroxylation is 1. The Morgan fingerprint density at radius 2 is 1.76 bits per heavy atom. The van der Waals surface area contributed by atoms with Crippen molar-refractivity contribution >= 4 is 5.65 Å². The Morgan fingerprint density at radius 3 is 2.53 bits per heavy atom. The molecule has 0 radical (unpaired) electrons. The second-order valence-corrected chi connectivity index (χ2v) is 3.78. The molecule has 0 aliphatic heterocycles. The number of benzene rings is 1. The van der Waals surface area contributed by atoms with Crippen LogP contribution in [0.5, 0.6) is 0 Å². The van der Waals surface area contributed by atoms with Crippen molar-refractivity contribution in [2.24, 2.45) is 0 Å². The van der Waals surface area contributed by atoms with Gasteiger partial charge in [0, 0.05) is 5.56 Å². The molecular formula is C12H9FN4. The molecule has 3 rings (SSSR count). The molecule has 2 aromatic heterocycles. The molecule has 1 aromatic carbocycles. The zero-order valence-electron chi connectivity index (χ0n) is 9.13. The van der Waals surface area contributed by atoms with E-state index in [0.29, 0.717) is 11.5 Å². The van der Waals surface area contributed by atoms with E-state index >= 15 is 0 Å². The average Bonchev–Trinajstić information content (AvgIpc) is 2.73. The summed E-state index contributed by atoms with van der Waals surface area (Å²) in [5.41, 5.74) is 2.34. The minimum atomic E-state index is -0.272. The van der Waals surface area contributed by atoms with E-state index in [1.807, 2.05) is 19.1 Å². The largest absolute Gasteiger partial charge is 0.207 e. The molecule has 0 saturated heterocycles. The van der Waals surface area contributed by atoms with Crippen LogP contribution in [0.4, 0.5) is 4.39 Å². The molecule has 0 saturated carbocycles. The van der Waals surface area contributed by atoms with E-state index < -0.39 is 0 Å². The van der Waals surface area contributed by atoms with Gasteiger partial charge in [-0.3, -0.25) is 0 Å². The van der Waals surface area contributed by atoms with Crippen molar-refractivity contribution < 1.29 is 4.39 Å². The Hall–Kier alpha value is -2.30. The van der Waals surface area contributed by atoms with Crippen LogP contribution in [-0.2, 0) is 0 Å². The summed E-state index contributed by atoms with van der Waals surface area (Å²) in [5.74, 6) is 0.343. The molecule has 0 atom stereocenters. The summed E-state index contributed by atoms with van der Waals surface area (Å²) in [7, 11) is 0. The third kappa shape index (κ3) is 1.65. The van der Waals surface area contributed by atoms with E-state index in [2.05, 4.69) is 15.3 Å². The molecule has 0 aliphatic carbocycles. The van der Waals surface area contributed by atoms with Crippen LogP contribution >= 0.6 is 0 Å². The highest BCUT2D eigenvalue weighted by molar-refractivity contribution is 5.58. The van der Waals surface area contributed by atoms with Crippen LogP contribution in [0, 0.1) is 12.7 Å². The quantitative estimate of drug-likeness (QED) is 0.641. The maximum absolute atomic E-state index is 12.8. The third-order valence-electron chi connectivity index (χ3n) is 2.50. The van der Waals surface area contributed by atoms with Crippen molar-refractivity contribution in [1.82, 2.24) is 19.8 Å². The first kappa shape index (κ1) is 9.89. The van der Waals surface area contributed by atoms with Crippen molar-refractivity contribution in [3.05, 3.63) is 47.9 Å². The number of halogens is 1. The number of hydrogen-bond acceptors (Lipinski definition) is 3. The van der Waals surface area contributed by atoms with Gasteiger partial charge >= 0.3 is 0 Å². The van der Waals surface area contributed by atoms with Crippen molar-refractivity contribution in [3.63, 3.8) is 0 Å². The molecular weight excluding hydrogens is 219 g/mol. The highest BCUT2D eigenvalue weighted by Crippen LogP contribution is 2.17. The molecule has 0 amide bonds.